The predicted molar refractivity (Wildman–Crippen MR) is 78.9 cm³/mol. The highest BCUT2D eigenvalue weighted by molar-refractivity contribution is 5.90. The van der Waals surface area contributed by atoms with Gasteiger partial charge in [-0.2, -0.15) is 13.2 Å². The van der Waals surface area contributed by atoms with Crippen molar-refractivity contribution >= 4 is 17.7 Å². The second kappa shape index (κ2) is 6.98. The first-order valence-corrected chi connectivity index (χ1v) is 7.30. The topological polar surface area (TPSA) is 78.9 Å². The molecular weight excluding hydrogens is 329 g/mol. The maximum absolute atomic E-state index is 12.9. The first kappa shape index (κ1) is 17.9. The van der Waals surface area contributed by atoms with Crippen molar-refractivity contribution in [3.05, 3.63) is 24.3 Å². The Labute approximate surface area is 136 Å². The van der Waals surface area contributed by atoms with E-state index in [2.05, 4.69) is 5.32 Å². The Morgan fingerprint density at radius 1 is 1.38 bits per heavy atom. The first-order chi connectivity index (χ1) is 11.2. The van der Waals surface area contributed by atoms with Crippen LogP contribution in [0.1, 0.15) is 6.92 Å². The number of carbonyl (C=O) groups excluding carboxylic acids is 1. The Morgan fingerprint density at radius 3 is 2.62 bits per heavy atom. The number of alkyl halides is 3. The van der Waals surface area contributed by atoms with Crippen LogP contribution in [0, 0.1) is 11.8 Å². The molecule has 0 bridgehead atoms. The monoisotopic (exact) mass is 346 g/mol. The van der Waals surface area contributed by atoms with Gasteiger partial charge in [0.25, 0.3) is 0 Å². The molecular formula is C15H17F3N2O4. The molecule has 24 heavy (non-hydrogen) atoms. The van der Waals surface area contributed by atoms with Crippen molar-refractivity contribution in [1.82, 2.24) is 4.90 Å². The number of anilines is 1. The zero-order chi connectivity index (χ0) is 17.9. The largest absolute Gasteiger partial charge is 0.494 e. The zero-order valence-corrected chi connectivity index (χ0v) is 12.8. The van der Waals surface area contributed by atoms with Gasteiger partial charge in [0.2, 0.25) is 0 Å². The van der Waals surface area contributed by atoms with Crippen LogP contribution in [-0.4, -0.2) is 47.9 Å². The van der Waals surface area contributed by atoms with E-state index in [4.69, 9.17) is 9.84 Å². The van der Waals surface area contributed by atoms with Gasteiger partial charge in [-0.3, -0.25) is 4.79 Å². The number of carbonyl (C=O) groups is 2. The molecule has 2 amide bonds. The fourth-order valence-corrected chi connectivity index (χ4v) is 2.58. The van der Waals surface area contributed by atoms with Gasteiger partial charge in [-0.25, -0.2) is 4.79 Å². The molecule has 1 aliphatic rings. The lowest BCUT2D eigenvalue weighted by Gasteiger charge is -2.19. The third kappa shape index (κ3) is 4.09. The fraction of sp³-hybridized carbons (Fsp3) is 0.467. The second-order valence-corrected chi connectivity index (χ2v) is 5.39. The molecule has 2 N–H and O–H groups in total. The number of likely N-dealkylation sites (tertiary alicyclic amines) is 1. The normalized spacial score (nSPS) is 20.8. The summed E-state index contributed by atoms with van der Waals surface area (Å²) in [6.45, 7) is 1.05. The summed E-state index contributed by atoms with van der Waals surface area (Å²) in [7, 11) is 0. The quantitative estimate of drug-likeness (QED) is 0.879. The number of aliphatic carboxylic acids is 1. The molecule has 1 aromatic carbocycles. The van der Waals surface area contributed by atoms with E-state index in [9.17, 15) is 22.8 Å². The third-order valence-electron chi connectivity index (χ3n) is 3.74. The summed E-state index contributed by atoms with van der Waals surface area (Å²) in [4.78, 5) is 24.0. The molecule has 132 valence electrons. The van der Waals surface area contributed by atoms with Gasteiger partial charge in [-0.15, -0.1) is 0 Å². The van der Waals surface area contributed by atoms with Crippen molar-refractivity contribution in [2.45, 2.75) is 13.1 Å². The number of halogens is 3. The van der Waals surface area contributed by atoms with Crippen LogP contribution in [-0.2, 0) is 4.79 Å². The highest BCUT2D eigenvalue weighted by atomic mass is 19.4. The lowest BCUT2D eigenvalue weighted by Crippen LogP contribution is -2.35. The third-order valence-corrected chi connectivity index (χ3v) is 3.74. The average Bonchev–Trinajstić information content (AvgIpc) is 2.93. The molecule has 0 radical (unpaired) electrons. The summed E-state index contributed by atoms with van der Waals surface area (Å²) in [5.74, 6) is -4.79. The molecule has 9 heteroatoms. The van der Waals surface area contributed by atoms with E-state index < -0.39 is 43.1 Å². The Morgan fingerprint density at radius 2 is 2.08 bits per heavy atom. The standard InChI is InChI=1S/C15H17F3N2O4/c1-2-24-10-5-3-4-9(6-10)19-14(23)20-7-11(13(21)22)12(8-20)15(16,17)18/h3-6,11-12H,2,7-8H2,1H3,(H,19,23)(H,21,22)/t11-,12-/m1/s1. The molecule has 1 fully saturated rings. The van der Waals surface area contributed by atoms with Crippen LogP contribution in [0.15, 0.2) is 24.3 Å². The molecule has 1 aromatic rings. The van der Waals surface area contributed by atoms with Gasteiger partial charge in [-0.05, 0) is 19.1 Å². The van der Waals surface area contributed by atoms with Gasteiger partial charge in [0.05, 0.1) is 18.4 Å². The summed E-state index contributed by atoms with van der Waals surface area (Å²) in [5, 5.41) is 11.4. The number of nitrogens with zero attached hydrogens (tertiary/aromatic N) is 1. The minimum Gasteiger partial charge on any atom is -0.494 e. The Balaban J connectivity index is 2.08. The average molecular weight is 346 g/mol. The molecule has 2 rings (SSSR count). The molecule has 6 nitrogen and oxygen atoms in total. The maximum Gasteiger partial charge on any atom is 0.394 e. The zero-order valence-electron chi connectivity index (χ0n) is 12.8. The van der Waals surface area contributed by atoms with E-state index in [1.165, 1.54) is 6.07 Å². The minimum atomic E-state index is -4.67. The van der Waals surface area contributed by atoms with Crippen LogP contribution < -0.4 is 10.1 Å². The van der Waals surface area contributed by atoms with Crippen LogP contribution in [0.4, 0.5) is 23.7 Å². The van der Waals surface area contributed by atoms with E-state index in [1.54, 1.807) is 25.1 Å². The smallest absolute Gasteiger partial charge is 0.394 e. The van der Waals surface area contributed by atoms with Crippen molar-refractivity contribution in [2.24, 2.45) is 11.8 Å². The van der Waals surface area contributed by atoms with E-state index in [0.717, 1.165) is 4.90 Å². The number of ether oxygens (including phenoxy) is 1. The summed E-state index contributed by atoms with van der Waals surface area (Å²) in [6.07, 6.45) is -4.67. The number of carboxylic acid groups (broad SMARTS) is 1. The van der Waals surface area contributed by atoms with Crippen LogP contribution in [0.5, 0.6) is 5.75 Å². The number of amides is 2. The number of hydrogen-bond acceptors (Lipinski definition) is 3. The summed E-state index contributed by atoms with van der Waals surface area (Å²) < 4.78 is 44.1. The molecule has 0 aliphatic carbocycles. The SMILES string of the molecule is CCOc1cccc(NC(=O)N2C[C@@H](C(F)(F)F)[C@H](C(=O)O)C2)c1. The lowest BCUT2D eigenvalue weighted by atomic mass is 9.96. The van der Waals surface area contributed by atoms with Gasteiger partial charge in [0.15, 0.2) is 0 Å². The molecule has 1 heterocycles. The number of rotatable bonds is 4. The first-order valence-electron chi connectivity index (χ1n) is 7.30. The van der Waals surface area contributed by atoms with Crippen LogP contribution in [0.2, 0.25) is 0 Å². The number of urea groups is 1. The van der Waals surface area contributed by atoms with Gasteiger partial charge >= 0.3 is 18.2 Å². The lowest BCUT2D eigenvalue weighted by molar-refractivity contribution is -0.187. The highest BCUT2D eigenvalue weighted by Crippen LogP contribution is 2.37. The number of benzene rings is 1. The van der Waals surface area contributed by atoms with E-state index >= 15 is 0 Å². The summed E-state index contributed by atoms with van der Waals surface area (Å²) in [6, 6.07) is 5.62. The number of carboxylic acids is 1. The number of nitrogens with one attached hydrogen (secondary N) is 1. The Kier molecular flexibility index (Phi) is 5.20. The fourth-order valence-electron chi connectivity index (χ4n) is 2.58. The molecule has 0 unspecified atom stereocenters. The van der Waals surface area contributed by atoms with Crippen LogP contribution in [0.25, 0.3) is 0 Å². The van der Waals surface area contributed by atoms with E-state index in [1.807, 2.05) is 0 Å². The van der Waals surface area contributed by atoms with Crippen molar-refractivity contribution in [2.75, 3.05) is 25.0 Å². The van der Waals surface area contributed by atoms with Gasteiger partial charge in [0.1, 0.15) is 5.75 Å². The number of hydrogen-bond donors (Lipinski definition) is 2. The Bertz CT molecular complexity index is 621. The van der Waals surface area contributed by atoms with Crippen molar-refractivity contribution < 1.29 is 32.6 Å². The van der Waals surface area contributed by atoms with Crippen LogP contribution >= 0.6 is 0 Å². The summed E-state index contributed by atoms with van der Waals surface area (Å²) in [5.41, 5.74) is 0.355. The van der Waals surface area contributed by atoms with E-state index in [0.29, 0.717) is 18.0 Å². The van der Waals surface area contributed by atoms with Gasteiger partial charge in [0, 0.05) is 24.8 Å². The van der Waals surface area contributed by atoms with Gasteiger partial charge in [-0.1, -0.05) is 6.07 Å². The molecule has 0 spiro atoms. The maximum atomic E-state index is 12.9. The van der Waals surface area contributed by atoms with Gasteiger partial charge < -0.3 is 20.1 Å². The van der Waals surface area contributed by atoms with Crippen LogP contribution in [0.3, 0.4) is 0 Å². The minimum absolute atomic E-state index is 0.355. The van der Waals surface area contributed by atoms with Crippen molar-refractivity contribution in [3.8, 4) is 5.75 Å². The molecule has 2 atom stereocenters. The van der Waals surface area contributed by atoms with E-state index in [-0.39, 0.29) is 0 Å². The molecule has 1 saturated heterocycles. The van der Waals surface area contributed by atoms with Crippen molar-refractivity contribution in [1.29, 1.82) is 0 Å². The molecule has 0 saturated carbocycles. The molecule has 0 aromatic heterocycles. The van der Waals surface area contributed by atoms with Crippen molar-refractivity contribution in [3.63, 3.8) is 0 Å². The Hall–Kier alpha value is -2.45. The summed E-state index contributed by atoms with van der Waals surface area (Å²) >= 11 is 0. The highest BCUT2D eigenvalue weighted by Gasteiger charge is 2.53. The molecule has 1 aliphatic heterocycles. The second-order valence-electron chi connectivity index (χ2n) is 5.39. The predicted octanol–water partition coefficient (Wildman–Crippen LogP) is 2.81.